The molecule has 0 aliphatic carbocycles. The molecule has 2 heterocycles. The molecule has 1 fully saturated rings. The lowest BCUT2D eigenvalue weighted by molar-refractivity contribution is 0.184. The number of nitrogens with zero attached hydrogens (tertiary/aromatic N) is 2. The largest absolute Gasteiger partial charge is 0.444 e. The molecule has 6 heteroatoms. The lowest BCUT2D eigenvalue weighted by atomic mass is 10.1. The third-order valence-corrected chi connectivity index (χ3v) is 3.30. The van der Waals surface area contributed by atoms with Crippen LogP contribution in [0.4, 0.5) is 4.79 Å². The molecule has 1 aliphatic heterocycles. The van der Waals surface area contributed by atoms with E-state index in [4.69, 9.17) is 10.2 Å². The minimum absolute atomic E-state index is 0.325. The van der Waals surface area contributed by atoms with Crippen molar-refractivity contribution in [2.75, 3.05) is 13.1 Å². The van der Waals surface area contributed by atoms with Gasteiger partial charge in [-0.05, 0) is 12.8 Å². The van der Waals surface area contributed by atoms with Crippen molar-refractivity contribution < 1.29 is 9.21 Å². The monoisotopic (exact) mass is 252 g/mol. The fraction of sp³-hybridized carbons (Fsp3) is 0.667. The highest BCUT2D eigenvalue weighted by Gasteiger charge is 2.20. The molecular formula is C12H20N4O2. The second-order valence-electron chi connectivity index (χ2n) is 4.55. The van der Waals surface area contributed by atoms with Gasteiger partial charge in [0.2, 0.25) is 5.89 Å². The SMILES string of the molecule is CCc1cnc(CNC2CCN(C(N)=O)CC2)o1. The first-order chi connectivity index (χ1) is 8.69. The Labute approximate surface area is 107 Å². The van der Waals surface area contributed by atoms with Gasteiger partial charge in [-0.1, -0.05) is 6.92 Å². The molecule has 1 aromatic rings. The number of nitrogens with two attached hydrogens (primary N) is 1. The number of oxazole rings is 1. The van der Waals surface area contributed by atoms with E-state index in [1.807, 2.05) is 6.92 Å². The molecule has 2 amide bonds. The minimum Gasteiger partial charge on any atom is -0.444 e. The number of primary amides is 1. The van der Waals surface area contributed by atoms with Crippen LogP contribution in [0.5, 0.6) is 0 Å². The van der Waals surface area contributed by atoms with E-state index in [2.05, 4.69) is 10.3 Å². The summed E-state index contributed by atoms with van der Waals surface area (Å²) in [6.45, 7) is 4.12. The molecule has 1 aliphatic rings. The smallest absolute Gasteiger partial charge is 0.314 e. The summed E-state index contributed by atoms with van der Waals surface area (Å²) in [6, 6.07) is 0.0753. The number of hydrogen-bond donors (Lipinski definition) is 2. The van der Waals surface area contributed by atoms with E-state index in [1.54, 1.807) is 11.1 Å². The number of carbonyl (C=O) groups is 1. The predicted molar refractivity (Wildman–Crippen MR) is 66.9 cm³/mol. The summed E-state index contributed by atoms with van der Waals surface area (Å²) in [5.74, 6) is 1.64. The second kappa shape index (κ2) is 5.86. The molecule has 0 saturated carbocycles. The molecule has 0 aromatic carbocycles. The molecule has 0 atom stereocenters. The molecule has 0 unspecified atom stereocenters. The molecule has 18 heavy (non-hydrogen) atoms. The van der Waals surface area contributed by atoms with E-state index in [9.17, 15) is 4.79 Å². The minimum atomic E-state index is -0.325. The van der Waals surface area contributed by atoms with Crippen molar-refractivity contribution in [1.29, 1.82) is 0 Å². The van der Waals surface area contributed by atoms with Crippen LogP contribution in [0.1, 0.15) is 31.4 Å². The van der Waals surface area contributed by atoms with E-state index in [0.29, 0.717) is 12.6 Å². The highest BCUT2D eigenvalue weighted by molar-refractivity contribution is 5.72. The Kier molecular flexibility index (Phi) is 4.19. The van der Waals surface area contributed by atoms with Crippen molar-refractivity contribution >= 4 is 6.03 Å². The van der Waals surface area contributed by atoms with Crippen LogP contribution in [-0.4, -0.2) is 35.0 Å². The molecule has 1 aromatic heterocycles. The van der Waals surface area contributed by atoms with Crippen LogP contribution in [0.15, 0.2) is 10.6 Å². The summed E-state index contributed by atoms with van der Waals surface area (Å²) in [6.07, 6.45) is 4.48. The van der Waals surface area contributed by atoms with Crippen molar-refractivity contribution in [1.82, 2.24) is 15.2 Å². The number of rotatable bonds is 4. The topological polar surface area (TPSA) is 84.4 Å². The third kappa shape index (κ3) is 3.22. The van der Waals surface area contributed by atoms with Gasteiger partial charge in [0.1, 0.15) is 5.76 Å². The van der Waals surface area contributed by atoms with E-state index in [-0.39, 0.29) is 6.03 Å². The molecule has 3 N–H and O–H groups in total. The van der Waals surface area contributed by atoms with Gasteiger partial charge in [-0.2, -0.15) is 0 Å². The summed E-state index contributed by atoms with van der Waals surface area (Å²) in [7, 11) is 0. The van der Waals surface area contributed by atoms with Crippen LogP contribution in [0.2, 0.25) is 0 Å². The highest BCUT2D eigenvalue weighted by Crippen LogP contribution is 2.11. The molecule has 1 saturated heterocycles. The van der Waals surface area contributed by atoms with Gasteiger partial charge in [0.05, 0.1) is 12.7 Å². The first kappa shape index (κ1) is 12.9. The maximum Gasteiger partial charge on any atom is 0.314 e. The maximum absolute atomic E-state index is 11.0. The average Bonchev–Trinajstić information content (AvgIpc) is 2.85. The van der Waals surface area contributed by atoms with E-state index in [1.165, 1.54) is 0 Å². The second-order valence-corrected chi connectivity index (χ2v) is 4.55. The quantitative estimate of drug-likeness (QED) is 0.832. The van der Waals surface area contributed by atoms with Gasteiger partial charge in [-0.15, -0.1) is 0 Å². The van der Waals surface area contributed by atoms with Crippen LogP contribution in [-0.2, 0) is 13.0 Å². The zero-order valence-corrected chi connectivity index (χ0v) is 10.7. The van der Waals surface area contributed by atoms with Crippen molar-refractivity contribution in [3.8, 4) is 0 Å². The fourth-order valence-electron chi connectivity index (χ4n) is 2.13. The van der Waals surface area contributed by atoms with E-state index >= 15 is 0 Å². The Bertz CT molecular complexity index is 397. The number of aryl methyl sites for hydroxylation is 1. The standard InChI is InChI=1S/C12H20N4O2/c1-2-10-7-15-11(18-10)8-14-9-3-5-16(6-4-9)12(13)17/h7,9,14H,2-6,8H2,1H3,(H2,13,17). The summed E-state index contributed by atoms with van der Waals surface area (Å²) < 4.78 is 5.53. The molecule has 2 rings (SSSR count). The number of piperidine rings is 1. The normalized spacial score (nSPS) is 17.1. The zero-order valence-electron chi connectivity index (χ0n) is 10.7. The van der Waals surface area contributed by atoms with Crippen molar-refractivity contribution in [2.24, 2.45) is 5.73 Å². The van der Waals surface area contributed by atoms with Crippen LogP contribution in [0.25, 0.3) is 0 Å². The van der Waals surface area contributed by atoms with Crippen LogP contribution in [0, 0.1) is 0 Å². The first-order valence-electron chi connectivity index (χ1n) is 6.40. The van der Waals surface area contributed by atoms with Crippen LogP contribution >= 0.6 is 0 Å². The molecular weight excluding hydrogens is 232 g/mol. The summed E-state index contributed by atoms with van der Waals surface area (Å²) in [5.41, 5.74) is 5.24. The van der Waals surface area contributed by atoms with Crippen molar-refractivity contribution in [3.05, 3.63) is 17.8 Å². The van der Waals surface area contributed by atoms with Gasteiger partial charge in [0.15, 0.2) is 0 Å². The Morgan fingerprint density at radius 3 is 2.89 bits per heavy atom. The van der Waals surface area contributed by atoms with Gasteiger partial charge < -0.3 is 20.4 Å². The van der Waals surface area contributed by atoms with E-state index in [0.717, 1.165) is 44.0 Å². The van der Waals surface area contributed by atoms with Crippen molar-refractivity contribution in [2.45, 2.75) is 38.8 Å². The summed E-state index contributed by atoms with van der Waals surface area (Å²) in [4.78, 5) is 16.9. The van der Waals surface area contributed by atoms with Crippen LogP contribution in [0.3, 0.4) is 0 Å². The van der Waals surface area contributed by atoms with Crippen molar-refractivity contribution in [3.63, 3.8) is 0 Å². The Morgan fingerprint density at radius 2 is 2.33 bits per heavy atom. The molecule has 100 valence electrons. The molecule has 0 spiro atoms. The number of carbonyl (C=O) groups excluding carboxylic acids is 1. The number of likely N-dealkylation sites (tertiary alicyclic amines) is 1. The van der Waals surface area contributed by atoms with E-state index < -0.39 is 0 Å². The Balaban J connectivity index is 1.73. The van der Waals surface area contributed by atoms with Crippen LogP contribution < -0.4 is 11.1 Å². The first-order valence-corrected chi connectivity index (χ1v) is 6.40. The van der Waals surface area contributed by atoms with Gasteiger partial charge in [-0.3, -0.25) is 0 Å². The third-order valence-electron chi connectivity index (χ3n) is 3.30. The Hall–Kier alpha value is -1.56. The zero-order chi connectivity index (χ0) is 13.0. The highest BCUT2D eigenvalue weighted by atomic mass is 16.4. The van der Waals surface area contributed by atoms with Gasteiger partial charge >= 0.3 is 6.03 Å². The average molecular weight is 252 g/mol. The fourth-order valence-corrected chi connectivity index (χ4v) is 2.13. The predicted octanol–water partition coefficient (Wildman–Crippen LogP) is 0.870. The Morgan fingerprint density at radius 1 is 1.61 bits per heavy atom. The summed E-state index contributed by atoms with van der Waals surface area (Å²) >= 11 is 0. The maximum atomic E-state index is 11.0. The summed E-state index contributed by atoms with van der Waals surface area (Å²) in [5, 5.41) is 3.40. The number of hydrogen-bond acceptors (Lipinski definition) is 4. The number of aromatic nitrogens is 1. The van der Waals surface area contributed by atoms with Gasteiger partial charge in [0.25, 0.3) is 0 Å². The lowest BCUT2D eigenvalue weighted by Crippen LogP contribution is -2.46. The molecule has 6 nitrogen and oxygen atoms in total. The lowest BCUT2D eigenvalue weighted by Gasteiger charge is -2.31. The number of urea groups is 1. The number of amides is 2. The van der Waals surface area contributed by atoms with Gasteiger partial charge in [0, 0.05) is 25.6 Å². The molecule has 0 radical (unpaired) electrons. The van der Waals surface area contributed by atoms with Gasteiger partial charge in [-0.25, -0.2) is 9.78 Å². The number of nitrogens with one attached hydrogen (secondary N) is 1. The molecule has 0 bridgehead atoms.